The zero-order valence-electron chi connectivity index (χ0n) is 13.4. The number of fused-ring (bicyclic) bond motifs is 1. The standard InChI is InChI=1S/C16H18ClNO5/c1-9(17)14(20)10-5-6-12-11(7-10)18(8-13(19)22-4)15(21)16(2,3)23-12/h5-7,9H,8H2,1-4H3. The third-order valence-corrected chi connectivity index (χ3v) is 3.73. The molecule has 0 radical (unpaired) electrons. The highest BCUT2D eigenvalue weighted by Gasteiger charge is 2.42. The molecule has 124 valence electrons. The Morgan fingerprint density at radius 1 is 1.39 bits per heavy atom. The average Bonchev–Trinajstić information content (AvgIpc) is 2.50. The predicted molar refractivity (Wildman–Crippen MR) is 85.2 cm³/mol. The van der Waals surface area contributed by atoms with Gasteiger partial charge in [0, 0.05) is 5.56 Å². The molecule has 0 spiro atoms. The van der Waals surface area contributed by atoms with Crippen LogP contribution in [0.25, 0.3) is 0 Å². The van der Waals surface area contributed by atoms with E-state index in [1.165, 1.54) is 18.1 Å². The molecule has 0 saturated carbocycles. The van der Waals surface area contributed by atoms with E-state index in [1.807, 2.05) is 0 Å². The summed E-state index contributed by atoms with van der Waals surface area (Å²) in [6.07, 6.45) is 0. The Morgan fingerprint density at radius 3 is 2.61 bits per heavy atom. The minimum atomic E-state index is -1.12. The van der Waals surface area contributed by atoms with Crippen molar-refractivity contribution < 1.29 is 23.9 Å². The summed E-state index contributed by atoms with van der Waals surface area (Å²) in [4.78, 5) is 37.5. The third-order valence-electron chi connectivity index (χ3n) is 3.54. The molecule has 7 heteroatoms. The van der Waals surface area contributed by atoms with Crippen LogP contribution in [-0.2, 0) is 14.3 Å². The van der Waals surface area contributed by atoms with Gasteiger partial charge in [0.15, 0.2) is 11.4 Å². The molecule has 0 aliphatic carbocycles. The highest BCUT2D eigenvalue weighted by Crippen LogP contribution is 2.38. The molecule has 1 heterocycles. The minimum absolute atomic E-state index is 0.261. The van der Waals surface area contributed by atoms with E-state index in [1.54, 1.807) is 32.9 Å². The molecule has 0 bridgehead atoms. The summed E-state index contributed by atoms with van der Waals surface area (Å²) in [5.41, 5.74) is -0.424. The van der Waals surface area contributed by atoms with Gasteiger partial charge in [-0.15, -0.1) is 11.6 Å². The number of Topliss-reactive ketones (excluding diaryl/α,β-unsaturated/α-hetero) is 1. The average molecular weight is 340 g/mol. The van der Waals surface area contributed by atoms with Gasteiger partial charge in [-0.25, -0.2) is 0 Å². The molecule has 2 rings (SSSR count). The zero-order valence-corrected chi connectivity index (χ0v) is 14.1. The van der Waals surface area contributed by atoms with Crippen LogP contribution in [0.1, 0.15) is 31.1 Å². The minimum Gasteiger partial charge on any atom is -0.476 e. The van der Waals surface area contributed by atoms with Crippen molar-refractivity contribution in [3.05, 3.63) is 23.8 Å². The number of halogens is 1. The number of benzene rings is 1. The highest BCUT2D eigenvalue weighted by molar-refractivity contribution is 6.33. The van der Waals surface area contributed by atoms with Crippen LogP contribution in [0.3, 0.4) is 0 Å². The third kappa shape index (κ3) is 3.32. The maximum absolute atomic E-state index is 12.6. The number of anilines is 1. The van der Waals surface area contributed by atoms with Crippen LogP contribution < -0.4 is 9.64 Å². The number of methoxy groups -OCH3 is 1. The molecule has 0 N–H and O–H groups in total. The van der Waals surface area contributed by atoms with E-state index < -0.39 is 16.9 Å². The van der Waals surface area contributed by atoms with E-state index in [4.69, 9.17) is 16.3 Å². The fourth-order valence-corrected chi connectivity index (χ4v) is 2.43. The van der Waals surface area contributed by atoms with Crippen molar-refractivity contribution in [2.45, 2.75) is 31.7 Å². The lowest BCUT2D eigenvalue weighted by Crippen LogP contribution is -2.54. The fourth-order valence-electron chi connectivity index (χ4n) is 2.30. The van der Waals surface area contributed by atoms with Crippen LogP contribution in [0.4, 0.5) is 5.69 Å². The van der Waals surface area contributed by atoms with Gasteiger partial charge in [0.05, 0.1) is 18.2 Å². The van der Waals surface area contributed by atoms with Crippen molar-refractivity contribution >= 4 is 34.9 Å². The number of nitrogens with zero attached hydrogens (tertiary/aromatic N) is 1. The number of carbonyl (C=O) groups is 3. The van der Waals surface area contributed by atoms with Crippen LogP contribution >= 0.6 is 11.6 Å². The lowest BCUT2D eigenvalue weighted by atomic mass is 10.0. The van der Waals surface area contributed by atoms with E-state index in [9.17, 15) is 14.4 Å². The van der Waals surface area contributed by atoms with Crippen LogP contribution in [-0.4, -0.2) is 42.3 Å². The van der Waals surface area contributed by atoms with Crippen molar-refractivity contribution in [1.82, 2.24) is 0 Å². The number of hydrogen-bond donors (Lipinski definition) is 0. The number of hydrogen-bond acceptors (Lipinski definition) is 5. The van der Waals surface area contributed by atoms with Gasteiger partial charge in [-0.2, -0.15) is 0 Å². The summed E-state index contributed by atoms with van der Waals surface area (Å²) in [6, 6.07) is 4.69. The van der Waals surface area contributed by atoms with Crippen LogP contribution in [0, 0.1) is 0 Å². The molecule has 1 aliphatic rings. The molecule has 1 atom stereocenters. The Bertz CT molecular complexity index is 668. The highest BCUT2D eigenvalue weighted by atomic mass is 35.5. The Balaban J connectivity index is 2.51. The lowest BCUT2D eigenvalue weighted by molar-refractivity contribution is -0.142. The van der Waals surface area contributed by atoms with Gasteiger partial charge in [-0.1, -0.05) is 0 Å². The van der Waals surface area contributed by atoms with Gasteiger partial charge >= 0.3 is 5.97 Å². The predicted octanol–water partition coefficient (Wildman–Crippen LogP) is 2.17. The van der Waals surface area contributed by atoms with Crippen LogP contribution in [0.15, 0.2) is 18.2 Å². The van der Waals surface area contributed by atoms with E-state index >= 15 is 0 Å². The first-order valence-corrected chi connectivity index (χ1v) is 7.51. The van der Waals surface area contributed by atoms with Crippen molar-refractivity contribution in [1.29, 1.82) is 0 Å². The summed E-state index contributed by atoms with van der Waals surface area (Å²) in [6.45, 7) is 4.54. The SMILES string of the molecule is COC(=O)CN1C(=O)C(C)(C)Oc2ccc(C(=O)C(C)Cl)cc21. The maximum atomic E-state index is 12.6. The summed E-state index contributed by atoms with van der Waals surface area (Å²) in [7, 11) is 1.24. The molecular weight excluding hydrogens is 322 g/mol. The Morgan fingerprint density at radius 2 is 2.04 bits per heavy atom. The first-order valence-electron chi connectivity index (χ1n) is 7.07. The zero-order chi connectivity index (χ0) is 17.4. The molecule has 0 aromatic heterocycles. The van der Waals surface area contributed by atoms with E-state index in [2.05, 4.69) is 4.74 Å². The van der Waals surface area contributed by atoms with Gasteiger partial charge in [0.1, 0.15) is 12.3 Å². The molecule has 1 aromatic carbocycles. The smallest absolute Gasteiger partial charge is 0.325 e. The summed E-state index contributed by atoms with van der Waals surface area (Å²) < 4.78 is 10.3. The van der Waals surface area contributed by atoms with E-state index in [0.29, 0.717) is 17.0 Å². The van der Waals surface area contributed by atoms with Crippen molar-refractivity contribution in [2.75, 3.05) is 18.6 Å². The molecule has 23 heavy (non-hydrogen) atoms. The number of alkyl halides is 1. The summed E-state index contributed by atoms with van der Waals surface area (Å²) in [5, 5.41) is -0.696. The number of ketones is 1. The monoisotopic (exact) mass is 339 g/mol. The number of carbonyl (C=O) groups excluding carboxylic acids is 3. The summed E-state index contributed by atoms with van der Waals surface area (Å²) >= 11 is 5.83. The molecular formula is C16H18ClNO5. The summed E-state index contributed by atoms with van der Waals surface area (Å²) in [5.74, 6) is -0.814. The number of ether oxygens (including phenoxy) is 2. The molecule has 0 fully saturated rings. The lowest BCUT2D eigenvalue weighted by Gasteiger charge is -2.38. The largest absolute Gasteiger partial charge is 0.476 e. The molecule has 0 saturated heterocycles. The second-order valence-corrected chi connectivity index (χ2v) is 6.40. The van der Waals surface area contributed by atoms with Crippen molar-refractivity contribution in [3.8, 4) is 5.75 Å². The van der Waals surface area contributed by atoms with Crippen molar-refractivity contribution in [3.63, 3.8) is 0 Å². The number of rotatable bonds is 4. The van der Waals surface area contributed by atoms with Crippen LogP contribution in [0.2, 0.25) is 0 Å². The van der Waals surface area contributed by atoms with Gasteiger partial charge in [-0.05, 0) is 39.0 Å². The number of esters is 1. The molecule has 1 aromatic rings. The first kappa shape index (κ1) is 17.3. The maximum Gasteiger partial charge on any atom is 0.325 e. The number of amides is 1. The van der Waals surface area contributed by atoms with Gasteiger partial charge in [-0.3, -0.25) is 19.3 Å². The van der Waals surface area contributed by atoms with Crippen LogP contribution in [0.5, 0.6) is 5.75 Å². The molecule has 1 aliphatic heterocycles. The van der Waals surface area contributed by atoms with Gasteiger partial charge in [0.25, 0.3) is 5.91 Å². The van der Waals surface area contributed by atoms with E-state index in [0.717, 1.165) is 0 Å². The Hall–Kier alpha value is -2.08. The first-order chi connectivity index (χ1) is 10.7. The quantitative estimate of drug-likeness (QED) is 0.477. The topological polar surface area (TPSA) is 72.9 Å². The van der Waals surface area contributed by atoms with Crippen molar-refractivity contribution in [2.24, 2.45) is 0 Å². The molecule has 6 nitrogen and oxygen atoms in total. The Labute approximate surface area is 139 Å². The molecule has 1 unspecified atom stereocenters. The second-order valence-electron chi connectivity index (χ2n) is 5.74. The van der Waals surface area contributed by atoms with Gasteiger partial charge < -0.3 is 9.47 Å². The van der Waals surface area contributed by atoms with E-state index in [-0.39, 0.29) is 18.2 Å². The molecule has 1 amide bonds. The second kappa shape index (κ2) is 6.20. The fraction of sp³-hybridized carbons (Fsp3) is 0.438. The Kier molecular flexibility index (Phi) is 4.66. The normalized spacial score (nSPS) is 17.1. The van der Waals surface area contributed by atoms with Gasteiger partial charge in [0.2, 0.25) is 0 Å².